The third-order valence-electron chi connectivity index (χ3n) is 4.61. The van der Waals surface area contributed by atoms with Gasteiger partial charge in [0.25, 0.3) is 0 Å². The van der Waals surface area contributed by atoms with Crippen LogP contribution in [0.25, 0.3) is 0 Å². The first-order valence-corrected chi connectivity index (χ1v) is 7.98. The van der Waals surface area contributed by atoms with Gasteiger partial charge in [0.15, 0.2) is 0 Å². The molecular weight excluding hydrogens is 246 g/mol. The first-order chi connectivity index (χ1) is 9.60. The summed E-state index contributed by atoms with van der Waals surface area (Å²) in [5.41, 5.74) is 2.57. The molecule has 0 saturated heterocycles. The van der Waals surface area contributed by atoms with Crippen LogP contribution in [0.2, 0.25) is 0 Å². The highest BCUT2D eigenvalue weighted by Gasteiger charge is 2.20. The fourth-order valence-electron chi connectivity index (χ4n) is 3.39. The predicted octanol–water partition coefficient (Wildman–Crippen LogP) is 4.48. The minimum absolute atomic E-state index is 0.349. The van der Waals surface area contributed by atoms with E-state index in [1.807, 2.05) is 0 Å². The highest BCUT2D eigenvalue weighted by molar-refractivity contribution is 5.38. The van der Waals surface area contributed by atoms with Crippen molar-refractivity contribution in [2.24, 2.45) is 11.8 Å². The van der Waals surface area contributed by atoms with Crippen molar-refractivity contribution in [1.82, 2.24) is 5.32 Å². The van der Waals surface area contributed by atoms with Gasteiger partial charge < -0.3 is 10.1 Å². The normalized spacial score (nSPS) is 24.4. The number of rotatable bonds is 5. The fourth-order valence-corrected chi connectivity index (χ4v) is 3.39. The molecule has 1 aliphatic rings. The van der Waals surface area contributed by atoms with Gasteiger partial charge in [0, 0.05) is 11.6 Å². The number of hydrogen-bond donors (Lipinski definition) is 1. The van der Waals surface area contributed by atoms with Crippen LogP contribution < -0.4 is 10.1 Å². The Balaban J connectivity index is 1.94. The van der Waals surface area contributed by atoms with E-state index >= 15 is 0 Å². The topological polar surface area (TPSA) is 21.3 Å². The van der Waals surface area contributed by atoms with Crippen LogP contribution in [0, 0.1) is 18.8 Å². The van der Waals surface area contributed by atoms with Gasteiger partial charge in [0.2, 0.25) is 0 Å². The first kappa shape index (κ1) is 15.4. The Morgan fingerprint density at radius 1 is 1.35 bits per heavy atom. The summed E-state index contributed by atoms with van der Waals surface area (Å²) in [7, 11) is 1.75. The Labute approximate surface area is 123 Å². The van der Waals surface area contributed by atoms with Gasteiger partial charge >= 0.3 is 0 Å². The molecule has 112 valence electrons. The second kappa shape index (κ2) is 7.12. The Hall–Kier alpha value is -1.02. The standard InChI is InChI=1S/C18H29NO/c1-13-6-5-7-16(10-13)12-19-15(3)17-11-14(2)8-9-18(17)20-4/h8-9,11,13,15-16,19H,5-7,10,12H2,1-4H3. The molecule has 2 rings (SSSR count). The van der Waals surface area contributed by atoms with Crippen LogP contribution in [0.1, 0.15) is 56.7 Å². The maximum absolute atomic E-state index is 5.49. The van der Waals surface area contributed by atoms with E-state index in [9.17, 15) is 0 Å². The third kappa shape index (κ3) is 3.99. The van der Waals surface area contributed by atoms with Gasteiger partial charge in [-0.15, -0.1) is 0 Å². The van der Waals surface area contributed by atoms with Gasteiger partial charge in [-0.05, 0) is 51.1 Å². The predicted molar refractivity (Wildman–Crippen MR) is 85.3 cm³/mol. The van der Waals surface area contributed by atoms with Crippen molar-refractivity contribution >= 4 is 0 Å². The van der Waals surface area contributed by atoms with Crippen molar-refractivity contribution in [2.45, 2.75) is 52.5 Å². The van der Waals surface area contributed by atoms with Gasteiger partial charge in [0.05, 0.1) is 7.11 Å². The molecule has 0 radical (unpaired) electrons. The smallest absolute Gasteiger partial charge is 0.123 e. The Morgan fingerprint density at radius 2 is 2.15 bits per heavy atom. The van der Waals surface area contributed by atoms with E-state index in [1.165, 1.54) is 36.8 Å². The highest BCUT2D eigenvalue weighted by atomic mass is 16.5. The molecule has 1 fully saturated rings. The summed E-state index contributed by atoms with van der Waals surface area (Å²) in [6.07, 6.45) is 5.58. The number of methoxy groups -OCH3 is 1. The number of benzene rings is 1. The molecule has 1 N–H and O–H groups in total. The lowest BCUT2D eigenvalue weighted by molar-refractivity contribution is 0.268. The van der Waals surface area contributed by atoms with Crippen LogP contribution in [-0.2, 0) is 0 Å². The maximum atomic E-state index is 5.49. The molecule has 1 aromatic carbocycles. The molecular formula is C18H29NO. The zero-order valence-electron chi connectivity index (χ0n) is 13.4. The van der Waals surface area contributed by atoms with E-state index in [-0.39, 0.29) is 0 Å². The quantitative estimate of drug-likeness (QED) is 0.855. The second-order valence-electron chi connectivity index (χ2n) is 6.51. The summed E-state index contributed by atoms with van der Waals surface area (Å²) < 4.78 is 5.49. The Morgan fingerprint density at radius 3 is 2.85 bits per heavy atom. The average molecular weight is 275 g/mol. The zero-order valence-corrected chi connectivity index (χ0v) is 13.4. The molecule has 3 atom stereocenters. The summed E-state index contributed by atoms with van der Waals surface area (Å²) in [6.45, 7) is 7.89. The lowest BCUT2D eigenvalue weighted by Gasteiger charge is -2.28. The molecule has 1 aromatic rings. The van der Waals surface area contributed by atoms with Crippen molar-refractivity contribution in [3.05, 3.63) is 29.3 Å². The first-order valence-electron chi connectivity index (χ1n) is 7.98. The Kier molecular flexibility index (Phi) is 5.47. The minimum Gasteiger partial charge on any atom is -0.496 e. The van der Waals surface area contributed by atoms with E-state index in [1.54, 1.807) is 7.11 Å². The molecule has 2 heteroatoms. The monoisotopic (exact) mass is 275 g/mol. The van der Waals surface area contributed by atoms with Crippen LogP contribution in [0.15, 0.2) is 18.2 Å². The van der Waals surface area contributed by atoms with E-state index in [0.29, 0.717) is 6.04 Å². The van der Waals surface area contributed by atoms with Crippen LogP contribution in [0.5, 0.6) is 5.75 Å². The number of nitrogens with one attached hydrogen (secondary N) is 1. The molecule has 0 amide bonds. The van der Waals surface area contributed by atoms with Crippen LogP contribution in [0.4, 0.5) is 0 Å². The maximum Gasteiger partial charge on any atom is 0.123 e. The van der Waals surface area contributed by atoms with E-state index in [2.05, 4.69) is 44.3 Å². The van der Waals surface area contributed by atoms with Gasteiger partial charge in [-0.3, -0.25) is 0 Å². The average Bonchev–Trinajstić information content (AvgIpc) is 2.45. The molecule has 1 saturated carbocycles. The van der Waals surface area contributed by atoms with Crippen molar-refractivity contribution < 1.29 is 4.74 Å². The second-order valence-corrected chi connectivity index (χ2v) is 6.51. The highest BCUT2D eigenvalue weighted by Crippen LogP contribution is 2.30. The Bertz CT molecular complexity index is 429. The summed E-state index contributed by atoms with van der Waals surface area (Å²) >= 11 is 0. The summed E-state index contributed by atoms with van der Waals surface area (Å²) in [5, 5.41) is 3.71. The minimum atomic E-state index is 0.349. The molecule has 0 aliphatic heterocycles. The van der Waals surface area contributed by atoms with Crippen LogP contribution in [0.3, 0.4) is 0 Å². The van der Waals surface area contributed by atoms with Gasteiger partial charge in [-0.25, -0.2) is 0 Å². The number of hydrogen-bond acceptors (Lipinski definition) is 2. The lowest BCUT2D eigenvalue weighted by Crippen LogP contribution is -2.29. The molecule has 2 nitrogen and oxygen atoms in total. The number of aryl methyl sites for hydroxylation is 1. The molecule has 3 unspecified atom stereocenters. The van der Waals surface area contributed by atoms with Gasteiger partial charge in [-0.1, -0.05) is 37.5 Å². The lowest BCUT2D eigenvalue weighted by atomic mass is 9.82. The van der Waals surface area contributed by atoms with Gasteiger partial charge in [-0.2, -0.15) is 0 Å². The number of ether oxygens (including phenoxy) is 1. The summed E-state index contributed by atoms with van der Waals surface area (Å²) in [5.74, 6) is 2.74. The third-order valence-corrected chi connectivity index (χ3v) is 4.61. The van der Waals surface area contributed by atoms with Crippen LogP contribution in [-0.4, -0.2) is 13.7 Å². The van der Waals surface area contributed by atoms with Crippen LogP contribution >= 0.6 is 0 Å². The fraction of sp³-hybridized carbons (Fsp3) is 0.667. The largest absolute Gasteiger partial charge is 0.496 e. The van der Waals surface area contributed by atoms with Crippen molar-refractivity contribution in [3.63, 3.8) is 0 Å². The van der Waals surface area contributed by atoms with E-state index < -0.39 is 0 Å². The van der Waals surface area contributed by atoms with Crippen molar-refractivity contribution in [3.8, 4) is 5.75 Å². The summed E-state index contributed by atoms with van der Waals surface area (Å²) in [6, 6.07) is 6.77. The molecule has 0 bridgehead atoms. The molecule has 0 aromatic heterocycles. The molecule has 1 aliphatic carbocycles. The van der Waals surface area contributed by atoms with E-state index in [0.717, 1.165) is 24.1 Å². The summed E-state index contributed by atoms with van der Waals surface area (Å²) in [4.78, 5) is 0. The van der Waals surface area contributed by atoms with E-state index in [4.69, 9.17) is 4.74 Å². The molecule has 0 heterocycles. The molecule has 0 spiro atoms. The van der Waals surface area contributed by atoms with Crippen molar-refractivity contribution in [2.75, 3.05) is 13.7 Å². The van der Waals surface area contributed by atoms with Gasteiger partial charge in [0.1, 0.15) is 5.75 Å². The zero-order chi connectivity index (χ0) is 14.5. The SMILES string of the molecule is COc1ccc(C)cc1C(C)NCC1CCCC(C)C1. The van der Waals surface area contributed by atoms with Crippen molar-refractivity contribution in [1.29, 1.82) is 0 Å². The molecule has 20 heavy (non-hydrogen) atoms.